The molecule has 0 spiro atoms. The van der Waals surface area contributed by atoms with Crippen molar-refractivity contribution in [1.82, 2.24) is 19.8 Å². The first-order valence-corrected chi connectivity index (χ1v) is 9.09. The molecule has 2 aromatic heterocycles. The highest BCUT2D eigenvalue weighted by molar-refractivity contribution is 5.72. The van der Waals surface area contributed by atoms with Crippen LogP contribution in [0.5, 0.6) is 0 Å². The van der Waals surface area contributed by atoms with Crippen molar-refractivity contribution >= 4 is 5.91 Å². The molecule has 134 valence electrons. The highest BCUT2D eigenvalue weighted by Gasteiger charge is 2.21. The summed E-state index contributed by atoms with van der Waals surface area (Å²) in [4.78, 5) is 17.9. The fourth-order valence-corrected chi connectivity index (χ4v) is 3.86. The van der Waals surface area contributed by atoms with Gasteiger partial charge in [-0.2, -0.15) is 0 Å². The molecule has 1 saturated heterocycles. The summed E-state index contributed by atoms with van der Waals surface area (Å²) < 4.78 is 2.28. The van der Waals surface area contributed by atoms with Gasteiger partial charge in [0.2, 0.25) is 5.91 Å². The van der Waals surface area contributed by atoms with Crippen molar-refractivity contribution in [2.24, 2.45) is 5.92 Å². The van der Waals surface area contributed by atoms with Crippen molar-refractivity contribution < 1.29 is 4.79 Å². The number of amides is 1. The number of aromatic nitrogens is 2. The number of pyridine rings is 1. The van der Waals surface area contributed by atoms with E-state index in [-0.39, 0.29) is 5.91 Å². The summed E-state index contributed by atoms with van der Waals surface area (Å²) in [7, 11) is 0. The molecule has 3 heterocycles. The van der Waals surface area contributed by atoms with Crippen molar-refractivity contribution in [3.8, 4) is 5.69 Å². The molecule has 1 amide bonds. The lowest BCUT2D eigenvalue weighted by molar-refractivity contribution is -0.119. The molecule has 0 unspecified atom stereocenters. The van der Waals surface area contributed by atoms with E-state index in [0.717, 1.165) is 31.9 Å². The van der Waals surface area contributed by atoms with E-state index in [1.165, 1.54) is 29.8 Å². The summed E-state index contributed by atoms with van der Waals surface area (Å²) in [5.74, 6) is 0.622. The number of carbonyl (C=O) groups excluding carboxylic acids is 1. The quantitative estimate of drug-likeness (QED) is 0.910. The second-order valence-corrected chi connectivity index (χ2v) is 7.12. The van der Waals surface area contributed by atoms with Crippen LogP contribution in [0.3, 0.4) is 0 Å². The van der Waals surface area contributed by atoms with Crippen LogP contribution in [0.15, 0.2) is 30.6 Å². The van der Waals surface area contributed by atoms with Gasteiger partial charge in [0.05, 0.1) is 11.9 Å². The summed E-state index contributed by atoms with van der Waals surface area (Å²) in [6.45, 7) is 9.88. The topological polar surface area (TPSA) is 50.2 Å². The molecule has 3 rings (SSSR count). The van der Waals surface area contributed by atoms with Gasteiger partial charge in [-0.05, 0) is 62.9 Å². The molecule has 1 atom stereocenters. The van der Waals surface area contributed by atoms with Gasteiger partial charge in [0, 0.05) is 44.1 Å². The Morgan fingerprint density at radius 2 is 2.24 bits per heavy atom. The van der Waals surface area contributed by atoms with Crippen LogP contribution in [0, 0.1) is 19.8 Å². The molecule has 0 bridgehead atoms. The van der Waals surface area contributed by atoms with Gasteiger partial charge in [-0.1, -0.05) is 0 Å². The Kier molecular flexibility index (Phi) is 5.53. The van der Waals surface area contributed by atoms with Crippen LogP contribution in [-0.4, -0.2) is 40.0 Å². The normalized spacial score (nSPS) is 18.3. The minimum Gasteiger partial charge on any atom is -0.356 e. The monoisotopic (exact) mass is 340 g/mol. The maximum atomic E-state index is 11.1. The zero-order valence-electron chi connectivity index (χ0n) is 15.5. The molecular formula is C20H28N4O. The predicted octanol–water partition coefficient (Wildman–Crippen LogP) is 2.84. The SMILES string of the molecule is CC(=O)NC[C@H]1CCCN(Cc2cc(C)n(-c3cccnc3)c2C)C1. The van der Waals surface area contributed by atoms with E-state index in [4.69, 9.17) is 0 Å². The van der Waals surface area contributed by atoms with Gasteiger partial charge in [0.25, 0.3) is 0 Å². The second-order valence-electron chi connectivity index (χ2n) is 7.12. The smallest absolute Gasteiger partial charge is 0.216 e. The molecule has 1 N–H and O–H groups in total. The van der Waals surface area contributed by atoms with Crippen LogP contribution in [0.1, 0.15) is 36.7 Å². The lowest BCUT2D eigenvalue weighted by atomic mass is 9.97. The Labute approximate surface area is 150 Å². The van der Waals surface area contributed by atoms with Crippen LogP contribution in [0.2, 0.25) is 0 Å². The van der Waals surface area contributed by atoms with Gasteiger partial charge in [-0.25, -0.2) is 0 Å². The summed E-state index contributed by atoms with van der Waals surface area (Å²) in [5, 5.41) is 2.97. The third-order valence-corrected chi connectivity index (χ3v) is 5.08. The number of hydrogen-bond donors (Lipinski definition) is 1. The largest absolute Gasteiger partial charge is 0.356 e. The number of piperidine rings is 1. The molecule has 5 nitrogen and oxygen atoms in total. The number of aryl methyl sites for hydroxylation is 1. The van der Waals surface area contributed by atoms with E-state index in [1.807, 2.05) is 18.5 Å². The lowest BCUT2D eigenvalue weighted by Gasteiger charge is -2.32. The van der Waals surface area contributed by atoms with E-state index < -0.39 is 0 Å². The summed E-state index contributed by atoms with van der Waals surface area (Å²) >= 11 is 0. The molecule has 1 aliphatic rings. The van der Waals surface area contributed by atoms with E-state index >= 15 is 0 Å². The number of rotatable bonds is 5. The Hall–Kier alpha value is -2.14. The number of nitrogens with one attached hydrogen (secondary N) is 1. The molecule has 2 aromatic rings. The van der Waals surface area contributed by atoms with Crippen LogP contribution in [-0.2, 0) is 11.3 Å². The predicted molar refractivity (Wildman–Crippen MR) is 99.7 cm³/mol. The fraction of sp³-hybridized carbons (Fsp3) is 0.500. The van der Waals surface area contributed by atoms with Crippen LogP contribution in [0.25, 0.3) is 5.69 Å². The highest BCUT2D eigenvalue weighted by Crippen LogP contribution is 2.24. The molecule has 0 radical (unpaired) electrons. The Balaban J connectivity index is 1.70. The van der Waals surface area contributed by atoms with Crippen LogP contribution in [0.4, 0.5) is 0 Å². The summed E-state index contributed by atoms with van der Waals surface area (Å²) in [5.41, 5.74) is 5.02. The van der Waals surface area contributed by atoms with E-state index in [9.17, 15) is 4.79 Å². The number of hydrogen-bond acceptors (Lipinski definition) is 3. The summed E-state index contributed by atoms with van der Waals surface area (Å²) in [6, 6.07) is 6.37. The Morgan fingerprint density at radius 1 is 1.40 bits per heavy atom. The first-order chi connectivity index (χ1) is 12.0. The first-order valence-electron chi connectivity index (χ1n) is 9.09. The Bertz CT molecular complexity index is 723. The Morgan fingerprint density at radius 3 is 2.96 bits per heavy atom. The van der Waals surface area contributed by atoms with E-state index in [2.05, 4.69) is 45.7 Å². The van der Waals surface area contributed by atoms with Crippen LogP contribution >= 0.6 is 0 Å². The summed E-state index contributed by atoms with van der Waals surface area (Å²) in [6.07, 6.45) is 6.12. The molecule has 1 fully saturated rings. The average Bonchev–Trinajstić information content (AvgIpc) is 2.88. The molecule has 0 aromatic carbocycles. The van der Waals surface area contributed by atoms with E-state index in [0.29, 0.717) is 5.92 Å². The van der Waals surface area contributed by atoms with Crippen molar-refractivity contribution in [3.05, 3.63) is 47.5 Å². The fourth-order valence-electron chi connectivity index (χ4n) is 3.86. The van der Waals surface area contributed by atoms with Gasteiger partial charge in [0.1, 0.15) is 0 Å². The molecule has 25 heavy (non-hydrogen) atoms. The molecular weight excluding hydrogens is 312 g/mol. The standard InChI is InChI=1S/C20H28N4O/c1-15-10-19(16(2)24(15)20-7-4-8-21-12-20)14-23-9-5-6-18(13-23)11-22-17(3)25/h4,7-8,10,12,18H,5-6,9,11,13-14H2,1-3H3,(H,22,25)/t18-/m1/s1. The lowest BCUT2D eigenvalue weighted by Crippen LogP contribution is -2.40. The first kappa shape index (κ1) is 17.7. The van der Waals surface area contributed by atoms with Crippen molar-refractivity contribution in [1.29, 1.82) is 0 Å². The third kappa shape index (κ3) is 4.28. The molecule has 0 aliphatic carbocycles. The second kappa shape index (κ2) is 7.83. The highest BCUT2D eigenvalue weighted by atomic mass is 16.1. The number of carbonyl (C=O) groups is 1. The van der Waals surface area contributed by atoms with Gasteiger partial charge >= 0.3 is 0 Å². The minimum atomic E-state index is 0.0668. The third-order valence-electron chi connectivity index (χ3n) is 5.08. The molecule has 0 saturated carbocycles. The number of likely N-dealkylation sites (tertiary alicyclic amines) is 1. The average molecular weight is 340 g/mol. The zero-order chi connectivity index (χ0) is 17.8. The van der Waals surface area contributed by atoms with Crippen molar-refractivity contribution in [2.45, 2.75) is 40.2 Å². The van der Waals surface area contributed by atoms with E-state index in [1.54, 1.807) is 6.92 Å². The maximum Gasteiger partial charge on any atom is 0.216 e. The molecule has 5 heteroatoms. The van der Waals surface area contributed by atoms with Gasteiger partial charge < -0.3 is 9.88 Å². The zero-order valence-corrected chi connectivity index (χ0v) is 15.5. The van der Waals surface area contributed by atoms with Crippen LogP contribution < -0.4 is 5.32 Å². The maximum absolute atomic E-state index is 11.1. The van der Waals surface area contributed by atoms with Gasteiger partial charge in [0.15, 0.2) is 0 Å². The van der Waals surface area contributed by atoms with Gasteiger partial charge in [-0.3, -0.25) is 14.7 Å². The number of nitrogens with zero attached hydrogens (tertiary/aromatic N) is 3. The molecule has 1 aliphatic heterocycles. The van der Waals surface area contributed by atoms with Crippen molar-refractivity contribution in [3.63, 3.8) is 0 Å². The minimum absolute atomic E-state index is 0.0668. The van der Waals surface area contributed by atoms with Crippen molar-refractivity contribution in [2.75, 3.05) is 19.6 Å². The van der Waals surface area contributed by atoms with Gasteiger partial charge in [-0.15, -0.1) is 0 Å².